The van der Waals surface area contributed by atoms with Crippen LogP contribution < -0.4 is 16.0 Å². The monoisotopic (exact) mass is 862 g/mol. The van der Waals surface area contributed by atoms with Crippen molar-refractivity contribution in [2.24, 2.45) is 5.92 Å². The minimum absolute atomic E-state index is 0.152. The quantitative estimate of drug-likeness (QED) is 0.0317. The first-order valence-electron chi connectivity index (χ1n) is 23.2. The van der Waals surface area contributed by atoms with Crippen LogP contribution in [0.3, 0.4) is 0 Å². The molecule has 0 bridgehead atoms. The summed E-state index contributed by atoms with van der Waals surface area (Å²) in [5.41, 5.74) is 0. The number of aliphatic hydroxyl groups excluding tert-OH is 7. The largest absolute Gasteiger partial charge is 0.394 e. The second kappa shape index (κ2) is 35.2. The van der Waals surface area contributed by atoms with E-state index < -0.39 is 80.0 Å². The molecule has 1 saturated heterocycles. The average Bonchev–Trinajstić information content (AvgIpc) is 3.24. The summed E-state index contributed by atoms with van der Waals surface area (Å²) in [4.78, 5) is 52.2. The minimum atomic E-state index is -2.15. The second-order valence-electron chi connectivity index (χ2n) is 16.5. The number of amides is 3. The number of carbonyl (C=O) groups is 4. The third kappa shape index (κ3) is 23.8. The fraction of sp³-hybridized carbons (Fsp3) is 0.909. The molecular formula is C44H83N3O13. The zero-order valence-electron chi connectivity index (χ0n) is 36.8. The molecule has 0 radical (unpaired) electrons. The van der Waals surface area contributed by atoms with Crippen molar-refractivity contribution in [1.29, 1.82) is 0 Å². The predicted molar refractivity (Wildman–Crippen MR) is 227 cm³/mol. The Morgan fingerprint density at radius 1 is 0.583 bits per heavy atom. The van der Waals surface area contributed by atoms with Crippen LogP contribution in [0.4, 0.5) is 0 Å². The Balaban J connectivity index is 2.66. The van der Waals surface area contributed by atoms with E-state index in [1.54, 1.807) is 0 Å². The Bertz CT molecular complexity index is 1130. The van der Waals surface area contributed by atoms with Crippen LogP contribution in [0.5, 0.6) is 0 Å². The number of ether oxygens (including phenoxy) is 2. The van der Waals surface area contributed by atoms with Crippen molar-refractivity contribution in [1.82, 2.24) is 16.0 Å². The molecule has 4 unspecified atom stereocenters. The van der Waals surface area contributed by atoms with Crippen molar-refractivity contribution < 1.29 is 64.4 Å². The summed E-state index contributed by atoms with van der Waals surface area (Å²) in [6.07, 6.45) is 11.0. The van der Waals surface area contributed by atoms with E-state index in [1.165, 1.54) is 83.5 Å². The van der Waals surface area contributed by atoms with Gasteiger partial charge in [0.05, 0.1) is 13.2 Å². The summed E-state index contributed by atoms with van der Waals surface area (Å²) in [5.74, 6) is -3.36. The maximum Gasteiger partial charge on any atom is 0.251 e. The molecule has 1 fully saturated rings. The van der Waals surface area contributed by atoms with Gasteiger partial charge in [-0.3, -0.25) is 19.2 Å². The number of Topliss-reactive ketones (excluding diaryl/α,β-unsaturated/α-hetero) is 1. The van der Waals surface area contributed by atoms with Crippen LogP contribution in [0.15, 0.2) is 0 Å². The molecule has 1 aliphatic heterocycles. The van der Waals surface area contributed by atoms with E-state index in [0.29, 0.717) is 12.8 Å². The lowest BCUT2D eigenvalue weighted by Crippen LogP contribution is -2.61. The molecular weight excluding hydrogens is 778 g/mol. The number of hydrogen-bond acceptors (Lipinski definition) is 13. The number of nitrogens with one attached hydrogen (secondary N) is 3. The van der Waals surface area contributed by atoms with Crippen molar-refractivity contribution >= 4 is 23.5 Å². The van der Waals surface area contributed by atoms with Gasteiger partial charge in [-0.15, -0.1) is 0 Å². The number of hydrogen-bond donors (Lipinski definition) is 10. The van der Waals surface area contributed by atoms with Crippen molar-refractivity contribution in [2.75, 3.05) is 32.8 Å². The lowest BCUT2D eigenvalue weighted by Gasteiger charge is -2.41. The van der Waals surface area contributed by atoms with Crippen molar-refractivity contribution in [2.45, 2.75) is 217 Å². The number of ketones is 1. The lowest BCUT2D eigenvalue weighted by molar-refractivity contribution is -0.323. The van der Waals surface area contributed by atoms with Crippen molar-refractivity contribution in [3.05, 3.63) is 0 Å². The molecule has 1 aliphatic rings. The molecule has 10 N–H and O–H groups in total. The second-order valence-corrected chi connectivity index (χ2v) is 16.5. The van der Waals surface area contributed by atoms with E-state index in [0.717, 1.165) is 51.4 Å². The molecule has 60 heavy (non-hydrogen) atoms. The maximum atomic E-state index is 13.3. The highest BCUT2D eigenvalue weighted by Crippen LogP contribution is 2.24. The predicted octanol–water partition coefficient (Wildman–Crippen LogP) is 2.82. The van der Waals surface area contributed by atoms with Gasteiger partial charge in [0.1, 0.15) is 48.3 Å². The minimum Gasteiger partial charge on any atom is -0.394 e. The van der Waals surface area contributed by atoms with Gasteiger partial charge in [0.2, 0.25) is 11.8 Å². The Kier molecular flexibility index (Phi) is 32.7. The molecule has 16 heteroatoms. The van der Waals surface area contributed by atoms with Crippen molar-refractivity contribution in [3.8, 4) is 0 Å². The Labute approximate surface area is 359 Å². The molecule has 0 spiro atoms. The Hall–Kier alpha value is -2.28. The first kappa shape index (κ1) is 55.7. The van der Waals surface area contributed by atoms with Crippen LogP contribution in [-0.4, -0.2) is 141 Å². The van der Waals surface area contributed by atoms with Gasteiger partial charge in [0.15, 0.2) is 12.4 Å². The zero-order valence-corrected chi connectivity index (χ0v) is 36.8. The number of rotatable bonds is 38. The summed E-state index contributed by atoms with van der Waals surface area (Å²) >= 11 is 0. The topological polar surface area (TPSA) is 264 Å². The van der Waals surface area contributed by atoms with E-state index in [2.05, 4.69) is 29.8 Å². The molecule has 1 heterocycles. The molecule has 352 valence electrons. The maximum absolute atomic E-state index is 13.3. The number of aliphatic hydroxyl groups is 7. The first-order valence-corrected chi connectivity index (χ1v) is 23.2. The molecule has 0 aromatic rings. The van der Waals surface area contributed by atoms with Gasteiger partial charge in [-0.05, 0) is 12.8 Å². The highest BCUT2D eigenvalue weighted by Gasteiger charge is 2.47. The summed E-state index contributed by atoms with van der Waals surface area (Å²) in [6.45, 7) is 2.13. The van der Waals surface area contributed by atoms with E-state index >= 15 is 0 Å². The fourth-order valence-electron chi connectivity index (χ4n) is 7.31. The smallest absolute Gasteiger partial charge is 0.251 e. The van der Waals surface area contributed by atoms with Crippen LogP contribution in [0, 0.1) is 5.92 Å². The number of carbonyl (C=O) groups excluding carboxylic acids is 4. The molecule has 9 atom stereocenters. The summed E-state index contributed by atoms with van der Waals surface area (Å²) < 4.78 is 10.6. The SMILES string of the molecule is CCCCCCCCCCCCCC(=O)NCC(C(=O)CCCCCCCCCCCCC)C(=O)NCCNC(=O)C(O)C(O[C@@H]1O[C@H](CO)[C@H](O)[C@H](O)[C@H]1O)C(O)CO. The molecule has 0 aromatic heterocycles. The molecule has 0 saturated carbocycles. The molecule has 0 aromatic carbocycles. The van der Waals surface area contributed by atoms with Crippen LogP contribution in [-0.2, 0) is 28.7 Å². The zero-order chi connectivity index (χ0) is 44.5. The average molecular weight is 862 g/mol. The van der Waals surface area contributed by atoms with Crippen molar-refractivity contribution in [3.63, 3.8) is 0 Å². The normalized spacial score (nSPS) is 21.2. The molecule has 16 nitrogen and oxygen atoms in total. The first-order chi connectivity index (χ1) is 28.9. The van der Waals surface area contributed by atoms with Gasteiger partial charge in [0.25, 0.3) is 5.91 Å². The summed E-state index contributed by atoms with van der Waals surface area (Å²) in [5, 5.41) is 78.1. The number of unbranched alkanes of at least 4 members (excludes halogenated alkanes) is 20. The van der Waals surface area contributed by atoms with Gasteiger partial charge in [0, 0.05) is 32.5 Å². The fourth-order valence-corrected chi connectivity index (χ4v) is 7.31. The van der Waals surface area contributed by atoms with Crippen LogP contribution >= 0.6 is 0 Å². The van der Waals surface area contributed by atoms with Gasteiger partial charge in [-0.25, -0.2) is 0 Å². The van der Waals surface area contributed by atoms with E-state index in [1.807, 2.05) is 0 Å². The standard InChI is InChI=1S/C44H83N3O13/c1-3-5-7-9-11-13-15-17-19-21-23-25-33(50)32(29-47-36(52)26-24-22-20-18-16-14-12-10-8-6-4-2)42(57)45-27-28-46-43(58)40(56)41(34(51)30-48)60-44-39(55)38(54)37(53)35(31-49)59-44/h32,34-35,37-41,44,48-49,51,53-56H,3-31H2,1-2H3,(H,45,57)(H,46,58)(H,47,52)/t32?,34?,35-,37+,38+,39-,40?,41?,44+/m1/s1. The summed E-state index contributed by atoms with van der Waals surface area (Å²) in [6, 6.07) is 0. The van der Waals surface area contributed by atoms with Gasteiger partial charge in [-0.1, -0.05) is 142 Å². The van der Waals surface area contributed by atoms with Gasteiger partial charge >= 0.3 is 0 Å². The highest BCUT2D eigenvalue weighted by molar-refractivity contribution is 6.02. The molecule has 0 aliphatic carbocycles. The Morgan fingerprint density at radius 2 is 1.03 bits per heavy atom. The lowest BCUT2D eigenvalue weighted by atomic mass is 9.97. The van der Waals surface area contributed by atoms with Gasteiger partial charge < -0.3 is 61.2 Å². The van der Waals surface area contributed by atoms with Crippen LogP contribution in [0.25, 0.3) is 0 Å². The van der Waals surface area contributed by atoms with E-state index in [4.69, 9.17) is 9.47 Å². The van der Waals surface area contributed by atoms with Gasteiger partial charge in [-0.2, -0.15) is 0 Å². The molecule has 1 rings (SSSR count). The van der Waals surface area contributed by atoms with E-state index in [9.17, 15) is 54.9 Å². The third-order valence-electron chi connectivity index (χ3n) is 11.3. The van der Waals surface area contributed by atoms with Crippen LogP contribution in [0.1, 0.15) is 168 Å². The Morgan fingerprint density at radius 3 is 1.50 bits per heavy atom. The third-order valence-corrected chi connectivity index (χ3v) is 11.3. The highest BCUT2D eigenvalue weighted by atomic mass is 16.7. The van der Waals surface area contributed by atoms with E-state index in [-0.39, 0.29) is 37.7 Å². The summed E-state index contributed by atoms with van der Waals surface area (Å²) in [7, 11) is 0. The molecule has 3 amide bonds. The van der Waals surface area contributed by atoms with Crippen LogP contribution in [0.2, 0.25) is 0 Å².